The van der Waals surface area contributed by atoms with E-state index in [-0.39, 0.29) is 5.91 Å². The van der Waals surface area contributed by atoms with Gasteiger partial charge in [-0.05, 0) is 42.7 Å². The zero-order valence-electron chi connectivity index (χ0n) is 15.2. The van der Waals surface area contributed by atoms with Crippen LogP contribution in [0.15, 0.2) is 67.0 Å². The summed E-state index contributed by atoms with van der Waals surface area (Å²) in [5, 5.41) is 6.98. The fourth-order valence-electron chi connectivity index (χ4n) is 2.81. The van der Waals surface area contributed by atoms with Gasteiger partial charge in [-0.2, -0.15) is 0 Å². The lowest BCUT2D eigenvalue weighted by atomic mass is 10.1. The van der Waals surface area contributed by atoms with Gasteiger partial charge in [0.15, 0.2) is 0 Å². The maximum atomic E-state index is 12.4. The van der Waals surface area contributed by atoms with E-state index >= 15 is 0 Å². The molecule has 1 aromatic heterocycles. The second-order valence-corrected chi connectivity index (χ2v) is 6.88. The molecule has 2 aromatic carbocycles. The van der Waals surface area contributed by atoms with E-state index in [4.69, 9.17) is 11.6 Å². The van der Waals surface area contributed by atoms with Crippen molar-refractivity contribution in [3.8, 4) is 0 Å². The van der Waals surface area contributed by atoms with Gasteiger partial charge in [-0.1, -0.05) is 53.6 Å². The highest BCUT2D eigenvalue weighted by atomic mass is 35.5. The molecule has 0 aliphatic heterocycles. The molecule has 0 atom stereocenters. The van der Waals surface area contributed by atoms with E-state index < -0.39 is 0 Å². The number of nitrogens with zero attached hydrogens (tertiary/aromatic N) is 1. The molecule has 138 valence electrons. The third-order valence-electron chi connectivity index (χ3n) is 4.17. The second-order valence-electron chi connectivity index (χ2n) is 6.44. The number of amides is 1. The molecule has 0 aliphatic rings. The molecule has 5 heteroatoms. The van der Waals surface area contributed by atoms with Gasteiger partial charge in [0.1, 0.15) is 0 Å². The summed E-state index contributed by atoms with van der Waals surface area (Å²) in [7, 11) is 0. The predicted octanol–water partition coefficient (Wildman–Crippen LogP) is 4.63. The fourth-order valence-corrected chi connectivity index (χ4v) is 3.02. The molecule has 27 heavy (non-hydrogen) atoms. The van der Waals surface area contributed by atoms with Crippen LogP contribution in [0, 0.1) is 6.92 Å². The molecule has 1 amide bonds. The smallest absolute Gasteiger partial charge is 0.253 e. The van der Waals surface area contributed by atoms with Gasteiger partial charge >= 0.3 is 0 Å². The van der Waals surface area contributed by atoms with Gasteiger partial charge in [0.25, 0.3) is 5.91 Å². The molecule has 0 unspecified atom stereocenters. The molecule has 0 radical (unpaired) electrons. The molecule has 3 aromatic rings. The van der Waals surface area contributed by atoms with E-state index in [2.05, 4.69) is 21.7 Å². The SMILES string of the molecule is Cc1cccc(CNC(=O)c2cncc(NCCc3cccc(Cl)c3)c2)c1. The fraction of sp³-hybridized carbons (Fsp3) is 0.182. The Labute approximate surface area is 164 Å². The van der Waals surface area contributed by atoms with Gasteiger partial charge in [0.05, 0.1) is 11.3 Å². The zero-order valence-corrected chi connectivity index (χ0v) is 16.0. The first kappa shape index (κ1) is 18.9. The summed E-state index contributed by atoms with van der Waals surface area (Å²) in [5.74, 6) is -0.137. The highest BCUT2D eigenvalue weighted by Crippen LogP contribution is 2.13. The van der Waals surface area contributed by atoms with Crippen LogP contribution < -0.4 is 10.6 Å². The summed E-state index contributed by atoms with van der Waals surface area (Å²) in [5.41, 5.74) is 4.77. The van der Waals surface area contributed by atoms with Crippen molar-refractivity contribution in [3.05, 3.63) is 94.3 Å². The average Bonchev–Trinajstić information content (AvgIpc) is 2.66. The summed E-state index contributed by atoms with van der Waals surface area (Å²) >= 11 is 6.00. The van der Waals surface area contributed by atoms with E-state index in [1.54, 1.807) is 12.4 Å². The van der Waals surface area contributed by atoms with Crippen molar-refractivity contribution in [2.75, 3.05) is 11.9 Å². The molecule has 0 aliphatic carbocycles. The highest BCUT2D eigenvalue weighted by Gasteiger charge is 2.07. The number of nitrogens with one attached hydrogen (secondary N) is 2. The van der Waals surface area contributed by atoms with Crippen molar-refractivity contribution in [1.29, 1.82) is 0 Å². The first-order valence-corrected chi connectivity index (χ1v) is 9.25. The van der Waals surface area contributed by atoms with Crippen molar-refractivity contribution < 1.29 is 4.79 Å². The number of rotatable bonds is 7. The second kappa shape index (κ2) is 9.19. The van der Waals surface area contributed by atoms with Crippen molar-refractivity contribution >= 4 is 23.2 Å². The van der Waals surface area contributed by atoms with E-state index in [9.17, 15) is 4.79 Å². The van der Waals surface area contributed by atoms with Crippen LogP contribution in [0.3, 0.4) is 0 Å². The lowest BCUT2D eigenvalue weighted by molar-refractivity contribution is 0.0950. The van der Waals surface area contributed by atoms with Gasteiger partial charge in [0.2, 0.25) is 0 Å². The number of pyridine rings is 1. The number of carbonyl (C=O) groups is 1. The number of aryl methyl sites for hydroxylation is 1. The number of anilines is 1. The average molecular weight is 380 g/mol. The Morgan fingerprint density at radius 2 is 1.85 bits per heavy atom. The highest BCUT2D eigenvalue weighted by molar-refractivity contribution is 6.30. The van der Waals surface area contributed by atoms with Crippen molar-refractivity contribution in [1.82, 2.24) is 10.3 Å². The Morgan fingerprint density at radius 3 is 2.67 bits per heavy atom. The predicted molar refractivity (Wildman–Crippen MR) is 110 cm³/mol. The Morgan fingerprint density at radius 1 is 1.04 bits per heavy atom. The number of benzene rings is 2. The Hall–Kier alpha value is -2.85. The number of carbonyl (C=O) groups excluding carboxylic acids is 1. The van der Waals surface area contributed by atoms with E-state index in [0.717, 1.165) is 34.8 Å². The number of aromatic nitrogens is 1. The quantitative estimate of drug-likeness (QED) is 0.629. The van der Waals surface area contributed by atoms with Gasteiger partial charge < -0.3 is 10.6 Å². The minimum atomic E-state index is -0.137. The van der Waals surface area contributed by atoms with Gasteiger partial charge in [-0.3, -0.25) is 9.78 Å². The monoisotopic (exact) mass is 379 g/mol. The summed E-state index contributed by atoms with van der Waals surface area (Å²) < 4.78 is 0. The van der Waals surface area contributed by atoms with Gasteiger partial charge in [-0.25, -0.2) is 0 Å². The number of hydrogen-bond acceptors (Lipinski definition) is 3. The van der Waals surface area contributed by atoms with Gasteiger partial charge in [-0.15, -0.1) is 0 Å². The Balaban J connectivity index is 1.53. The Kier molecular flexibility index (Phi) is 6.44. The largest absolute Gasteiger partial charge is 0.383 e. The van der Waals surface area contributed by atoms with Crippen LogP contribution in [0.4, 0.5) is 5.69 Å². The molecule has 0 spiro atoms. The molecule has 0 saturated heterocycles. The van der Waals surface area contributed by atoms with Gasteiger partial charge in [0, 0.05) is 30.5 Å². The van der Waals surface area contributed by atoms with Crippen molar-refractivity contribution in [2.24, 2.45) is 0 Å². The van der Waals surface area contributed by atoms with Crippen LogP contribution in [0.2, 0.25) is 5.02 Å². The summed E-state index contributed by atoms with van der Waals surface area (Å²) in [6, 6.07) is 17.7. The van der Waals surface area contributed by atoms with Crippen LogP contribution in [-0.4, -0.2) is 17.4 Å². The lowest BCUT2D eigenvalue weighted by Gasteiger charge is -2.09. The first-order valence-electron chi connectivity index (χ1n) is 8.87. The summed E-state index contributed by atoms with van der Waals surface area (Å²) in [6.45, 7) is 3.26. The molecule has 2 N–H and O–H groups in total. The van der Waals surface area contributed by atoms with E-state index in [1.165, 1.54) is 5.56 Å². The molecular weight excluding hydrogens is 358 g/mol. The normalized spacial score (nSPS) is 10.4. The third-order valence-corrected chi connectivity index (χ3v) is 4.40. The minimum Gasteiger partial charge on any atom is -0.383 e. The molecule has 0 bridgehead atoms. The topological polar surface area (TPSA) is 54.0 Å². The van der Waals surface area contributed by atoms with Crippen LogP contribution in [-0.2, 0) is 13.0 Å². The molecule has 0 fully saturated rings. The maximum Gasteiger partial charge on any atom is 0.253 e. The van der Waals surface area contributed by atoms with E-state index in [0.29, 0.717) is 12.1 Å². The standard InChI is InChI=1S/C22H22ClN3O/c1-16-4-2-6-18(10-16)13-26-22(27)19-12-21(15-24-14-19)25-9-8-17-5-3-7-20(23)11-17/h2-7,10-12,14-15,25H,8-9,13H2,1H3,(H,26,27). The molecular formula is C22H22ClN3O. The zero-order chi connectivity index (χ0) is 19.1. The first-order chi connectivity index (χ1) is 13.1. The van der Waals surface area contributed by atoms with E-state index in [1.807, 2.05) is 55.5 Å². The summed E-state index contributed by atoms with van der Waals surface area (Å²) in [4.78, 5) is 16.6. The molecule has 1 heterocycles. The molecule has 4 nitrogen and oxygen atoms in total. The van der Waals surface area contributed by atoms with Crippen molar-refractivity contribution in [3.63, 3.8) is 0 Å². The van der Waals surface area contributed by atoms with Crippen LogP contribution in [0.5, 0.6) is 0 Å². The van der Waals surface area contributed by atoms with Crippen LogP contribution in [0.25, 0.3) is 0 Å². The summed E-state index contributed by atoms with van der Waals surface area (Å²) in [6.07, 6.45) is 4.13. The number of halogens is 1. The van der Waals surface area contributed by atoms with Crippen molar-refractivity contribution in [2.45, 2.75) is 19.9 Å². The molecule has 0 saturated carbocycles. The van der Waals surface area contributed by atoms with Crippen LogP contribution >= 0.6 is 11.6 Å². The van der Waals surface area contributed by atoms with Crippen LogP contribution in [0.1, 0.15) is 27.0 Å². The third kappa shape index (κ3) is 5.83. The molecule has 3 rings (SSSR count). The Bertz CT molecular complexity index is 927. The number of hydrogen-bond donors (Lipinski definition) is 2. The lowest BCUT2D eigenvalue weighted by Crippen LogP contribution is -2.23. The minimum absolute atomic E-state index is 0.137. The maximum absolute atomic E-state index is 12.4.